The quantitative estimate of drug-likeness (QED) is 0.366. The summed E-state index contributed by atoms with van der Waals surface area (Å²) in [4.78, 5) is 32.4. The maximum Gasteiger partial charge on any atom is 0.339 e. The van der Waals surface area contributed by atoms with Gasteiger partial charge < -0.3 is 9.64 Å². The van der Waals surface area contributed by atoms with E-state index in [0.717, 1.165) is 16.3 Å². The van der Waals surface area contributed by atoms with E-state index in [1.54, 1.807) is 19.1 Å². The summed E-state index contributed by atoms with van der Waals surface area (Å²) in [5.74, 6) is -1.01. The van der Waals surface area contributed by atoms with Gasteiger partial charge in [0.25, 0.3) is 5.91 Å². The normalized spacial score (nSPS) is 16.8. The fourth-order valence-corrected chi connectivity index (χ4v) is 6.61. The molecule has 1 aliphatic heterocycles. The van der Waals surface area contributed by atoms with Gasteiger partial charge in [-0.2, -0.15) is 0 Å². The Morgan fingerprint density at radius 2 is 1.72 bits per heavy atom. The molecule has 36 heavy (non-hydrogen) atoms. The summed E-state index contributed by atoms with van der Waals surface area (Å²) in [6.07, 6.45) is 0.402. The highest BCUT2D eigenvalue weighted by Crippen LogP contribution is 2.31. The number of rotatable bonds is 6. The zero-order chi connectivity index (χ0) is 25.3. The highest BCUT2D eigenvalue weighted by Gasteiger charge is 2.34. The molecule has 5 rings (SSSR count). The molecule has 4 aromatic rings. The molecule has 3 aromatic carbocycles. The van der Waals surface area contributed by atoms with Crippen LogP contribution < -0.4 is 0 Å². The van der Waals surface area contributed by atoms with Crippen LogP contribution in [0.3, 0.4) is 0 Å². The number of hydrogen-bond acceptors (Lipinski definition) is 6. The summed E-state index contributed by atoms with van der Waals surface area (Å²) in [6, 6.07) is 22.6. The average molecular weight is 503 g/mol. The largest absolute Gasteiger partial charge is 0.452 e. The number of carbonyl (C=O) groups is 2. The summed E-state index contributed by atoms with van der Waals surface area (Å²) < 4.78 is 29.2. The van der Waals surface area contributed by atoms with Crippen LogP contribution in [0.5, 0.6) is 0 Å². The molecule has 2 heterocycles. The van der Waals surface area contributed by atoms with Crippen molar-refractivity contribution >= 4 is 43.4 Å². The van der Waals surface area contributed by atoms with E-state index >= 15 is 0 Å². The van der Waals surface area contributed by atoms with Crippen molar-refractivity contribution in [1.29, 1.82) is 0 Å². The fourth-order valence-electron chi connectivity index (χ4n) is 4.88. The third-order valence-electron chi connectivity index (χ3n) is 6.64. The second-order valence-electron chi connectivity index (χ2n) is 8.91. The van der Waals surface area contributed by atoms with Gasteiger partial charge in [0.1, 0.15) is 0 Å². The van der Waals surface area contributed by atoms with E-state index in [0.29, 0.717) is 35.1 Å². The lowest BCUT2D eigenvalue weighted by molar-refractivity contribution is -0.136. The fraction of sp³-hybridized carbons (Fsp3) is 0.250. The van der Waals surface area contributed by atoms with Crippen molar-refractivity contribution in [2.75, 3.05) is 24.7 Å². The van der Waals surface area contributed by atoms with Crippen molar-refractivity contribution in [3.63, 3.8) is 0 Å². The van der Waals surface area contributed by atoms with Crippen LogP contribution in [-0.4, -0.2) is 60.9 Å². The number of para-hydroxylation sites is 1. The molecular formula is C28H26N2O5S. The lowest BCUT2D eigenvalue weighted by Crippen LogP contribution is -2.43. The van der Waals surface area contributed by atoms with E-state index in [4.69, 9.17) is 9.72 Å². The zero-order valence-electron chi connectivity index (χ0n) is 19.9. The standard InChI is InChI=1S/C28H26N2O5S/c1-2-30(20-14-15-36(33,34)18-20)27(31)17-35-28(32)24-16-26(29-25-13-6-5-11-23(24)25)22-12-7-9-19-8-3-4-10-21(19)22/h3-13,16,20H,2,14-15,17-18H2,1H3/t20-/m1/s1. The number of aromatic nitrogens is 1. The minimum Gasteiger partial charge on any atom is -0.452 e. The Hall–Kier alpha value is -3.78. The minimum absolute atomic E-state index is 0.0517. The molecule has 1 aliphatic rings. The Kier molecular flexibility index (Phi) is 6.45. The number of likely N-dealkylation sites (N-methyl/N-ethyl adjacent to an activating group) is 1. The van der Waals surface area contributed by atoms with Crippen LogP contribution in [-0.2, 0) is 19.4 Å². The summed E-state index contributed by atoms with van der Waals surface area (Å²) in [5.41, 5.74) is 2.49. The van der Waals surface area contributed by atoms with Crippen LogP contribution in [0.25, 0.3) is 32.9 Å². The third-order valence-corrected chi connectivity index (χ3v) is 8.39. The first-order valence-corrected chi connectivity index (χ1v) is 13.7. The maximum absolute atomic E-state index is 13.2. The van der Waals surface area contributed by atoms with E-state index in [-0.39, 0.29) is 17.5 Å². The summed E-state index contributed by atoms with van der Waals surface area (Å²) in [5, 5.41) is 2.71. The zero-order valence-corrected chi connectivity index (χ0v) is 20.7. The molecule has 184 valence electrons. The maximum atomic E-state index is 13.2. The molecule has 1 amide bonds. The molecule has 1 fully saturated rings. The predicted octanol–water partition coefficient (Wildman–Crippen LogP) is 4.25. The highest BCUT2D eigenvalue weighted by atomic mass is 32.2. The number of pyridine rings is 1. The van der Waals surface area contributed by atoms with E-state index in [1.165, 1.54) is 4.90 Å². The van der Waals surface area contributed by atoms with Gasteiger partial charge in [-0.15, -0.1) is 0 Å². The Morgan fingerprint density at radius 3 is 2.47 bits per heavy atom. The van der Waals surface area contributed by atoms with Crippen molar-refractivity contribution in [1.82, 2.24) is 9.88 Å². The molecular weight excluding hydrogens is 476 g/mol. The third kappa shape index (κ3) is 4.68. The molecule has 1 aromatic heterocycles. The second kappa shape index (κ2) is 9.70. The second-order valence-corrected chi connectivity index (χ2v) is 11.1. The Bertz CT molecular complexity index is 1580. The number of esters is 1. The number of fused-ring (bicyclic) bond motifs is 2. The van der Waals surface area contributed by atoms with E-state index in [1.807, 2.05) is 60.7 Å². The SMILES string of the molecule is CCN(C(=O)COC(=O)c1cc(-c2cccc3ccccc23)nc2ccccc12)[C@@H]1CCS(=O)(=O)C1. The molecule has 7 nitrogen and oxygen atoms in total. The van der Waals surface area contributed by atoms with Gasteiger partial charge in [-0.1, -0.05) is 60.7 Å². The van der Waals surface area contributed by atoms with Crippen LogP contribution in [0, 0.1) is 0 Å². The first-order valence-electron chi connectivity index (χ1n) is 11.9. The van der Waals surface area contributed by atoms with Gasteiger partial charge in [-0.25, -0.2) is 18.2 Å². The van der Waals surface area contributed by atoms with Crippen molar-refractivity contribution in [2.24, 2.45) is 0 Å². The smallest absolute Gasteiger partial charge is 0.339 e. The molecule has 0 unspecified atom stereocenters. The summed E-state index contributed by atoms with van der Waals surface area (Å²) >= 11 is 0. The number of hydrogen-bond donors (Lipinski definition) is 0. The van der Waals surface area contributed by atoms with Crippen LogP contribution in [0.4, 0.5) is 0 Å². The van der Waals surface area contributed by atoms with Gasteiger partial charge in [0, 0.05) is 23.5 Å². The number of amides is 1. The predicted molar refractivity (Wildman–Crippen MR) is 139 cm³/mol. The van der Waals surface area contributed by atoms with E-state index in [9.17, 15) is 18.0 Å². The van der Waals surface area contributed by atoms with E-state index < -0.39 is 28.3 Å². The van der Waals surface area contributed by atoms with Crippen molar-refractivity contribution in [3.8, 4) is 11.3 Å². The van der Waals surface area contributed by atoms with Crippen LogP contribution >= 0.6 is 0 Å². The van der Waals surface area contributed by atoms with Gasteiger partial charge in [0.2, 0.25) is 0 Å². The Labute approximate surface area is 209 Å². The molecule has 0 radical (unpaired) electrons. The van der Waals surface area contributed by atoms with Crippen molar-refractivity contribution < 1.29 is 22.7 Å². The molecule has 1 atom stereocenters. The van der Waals surface area contributed by atoms with Crippen molar-refractivity contribution in [3.05, 3.63) is 78.4 Å². The number of sulfone groups is 1. The number of benzene rings is 3. The monoisotopic (exact) mass is 502 g/mol. The van der Waals surface area contributed by atoms with Crippen LogP contribution in [0.15, 0.2) is 72.8 Å². The average Bonchev–Trinajstić information content (AvgIpc) is 3.25. The first kappa shape index (κ1) is 23.9. The summed E-state index contributed by atoms with van der Waals surface area (Å²) in [6.45, 7) is 1.68. The Morgan fingerprint density at radius 1 is 1.00 bits per heavy atom. The van der Waals surface area contributed by atoms with Crippen molar-refractivity contribution in [2.45, 2.75) is 19.4 Å². The molecule has 0 N–H and O–H groups in total. The summed E-state index contributed by atoms with van der Waals surface area (Å²) in [7, 11) is -3.14. The lowest BCUT2D eigenvalue weighted by atomic mass is 9.99. The number of carbonyl (C=O) groups excluding carboxylic acids is 2. The molecule has 0 spiro atoms. The van der Waals surface area contributed by atoms with Gasteiger partial charge in [0.05, 0.1) is 28.3 Å². The topological polar surface area (TPSA) is 93.6 Å². The van der Waals surface area contributed by atoms with E-state index in [2.05, 4.69) is 0 Å². The van der Waals surface area contributed by atoms with Crippen LogP contribution in [0.2, 0.25) is 0 Å². The lowest BCUT2D eigenvalue weighted by Gasteiger charge is -2.26. The molecule has 0 saturated carbocycles. The number of ether oxygens (including phenoxy) is 1. The molecule has 1 saturated heterocycles. The molecule has 0 aliphatic carbocycles. The van der Waals surface area contributed by atoms with Gasteiger partial charge in [0.15, 0.2) is 16.4 Å². The van der Waals surface area contributed by atoms with Gasteiger partial charge in [-0.3, -0.25) is 4.79 Å². The highest BCUT2D eigenvalue weighted by molar-refractivity contribution is 7.91. The van der Waals surface area contributed by atoms with Crippen LogP contribution in [0.1, 0.15) is 23.7 Å². The number of nitrogens with zero attached hydrogens (tertiary/aromatic N) is 2. The molecule has 8 heteroatoms. The van der Waals surface area contributed by atoms with Gasteiger partial charge >= 0.3 is 5.97 Å². The van der Waals surface area contributed by atoms with Gasteiger partial charge in [-0.05, 0) is 36.2 Å². The Balaban J connectivity index is 1.44. The first-order chi connectivity index (χ1) is 17.4. The molecule has 0 bridgehead atoms. The minimum atomic E-state index is -3.14.